The van der Waals surface area contributed by atoms with E-state index in [0.717, 1.165) is 11.3 Å². The summed E-state index contributed by atoms with van der Waals surface area (Å²) in [4.78, 5) is 12.3. The highest BCUT2D eigenvalue weighted by Crippen LogP contribution is 2.23. The molecule has 1 amide bonds. The average molecular weight is 354 g/mol. The predicted molar refractivity (Wildman–Crippen MR) is 97.6 cm³/mol. The summed E-state index contributed by atoms with van der Waals surface area (Å²) >= 11 is 5.33. The lowest BCUT2D eigenvalue weighted by Gasteiger charge is -2.11. The third-order valence-electron chi connectivity index (χ3n) is 3.76. The van der Waals surface area contributed by atoms with E-state index in [-0.39, 0.29) is 12.5 Å². The minimum Gasteiger partial charge on any atom is -0.495 e. The van der Waals surface area contributed by atoms with Gasteiger partial charge in [-0.2, -0.15) is 5.10 Å². The first-order valence-electron chi connectivity index (χ1n) is 7.74. The average Bonchev–Trinajstić information content (AvgIpc) is 3.00. The molecule has 0 bridgehead atoms. The summed E-state index contributed by atoms with van der Waals surface area (Å²) in [5, 5.41) is 9.87. The third-order valence-corrected chi connectivity index (χ3v) is 4.03. The highest BCUT2D eigenvalue weighted by atomic mass is 32.1. The quantitative estimate of drug-likeness (QED) is 0.690. The fourth-order valence-electron chi connectivity index (χ4n) is 2.56. The molecule has 7 heteroatoms. The maximum Gasteiger partial charge on any atom is 0.251 e. The van der Waals surface area contributed by atoms with Gasteiger partial charge in [-0.1, -0.05) is 29.8 Å². The van der Waals surface area contributed by atoms with Crippen molar-refractivity contribution in [2.45, 2.75) is 13.5 Å². The highest BCUT2D eigenvalue weighted by molar-refractivity contribution is 7.71. The predicted octanol–water partition coefficient (Wildman–Crippen LogP) is 3.18. The van der Waals surface area contributed by atoms with Crippen molar-refractivity contribution >= 4 is 18.1 Å². The molecule has 6 nitrogen and oxygen atoms in total. The van der Waals surface area contributed by atoms with Crippen LogP contribution in [0.2, 0.25) is 0 Å². The molecule has 0 saturated heterocycles. The first-order valence-corrected chi connectivity index (χ1v) is 8.15. The molecule has 0 unspecified atom stereocenters. The van der Waals surface area contributed by atoms with Crippen LogP contribution in [-0.2, 0) is 6.54 Å². The number of carbonyl (C=O) groups is 1. The molecule has 2 aromatic carbocycles. The Kier molecular flexibility index (Phi) is 4.95. The number of benzene rings is 2. The van der Waals surface area contributed by atoms with E-state index in [1.807, 2.05) is 49.4 Å². The zero-order valence-corrected chi connectivity index (χ0v) is 14.8. The Morgan fingerprint density at radius 3 is 2.84 bits per heavy atom. The van der Waals surface area contributed by atoms with Crippen LogP contribution in [0.25, 0.3) is 5.69 Å². The number of carbonyl (C=O) groups excluding carboxylic acids is 1. The molecule has 128 valence electrons. The van der Waals surface area contributed by atoms with Crippen molar-refractivity contribution in [1.29, 1.82) is 0 Å². The summed E-state index contributed by atoms with van der Waals surface area (Å²) in [6.45, 7) is 2.18. The Morgan fingerprint density at radius 1 is 1.28 bits per heavy atom. The number of para-hydroxylation sites is 2. The Hall–Kier alpha value is -2.93. The monoisotopic (exact) mass is 354 g/mol. The summed E-state index contributed by atoms with van der Waals surface area (Å²) in [5.41, 5.74) is 2.41. The van der Waals surface area contributed by atoms with Crippen molar-refractivity contribution in [3.63, 3.8) is 0 Å². The van der Waals surface area contributed by atoms with Crippen molar-refractivity contribution in [3.05, 3.63) is 70.3 Å². The Bertz CT molecular complexity index is 961. The fourth-order valence-corrected chi connectivity index (χ4v) is 2.81. The number of nitrogens with one attached hydrogen (secondary N) is 2. The number of hydrogen-bond donors (Lipinski definition) is 2. The molecular formula is C18H18N4O2S. The molecule has 0 radical (unpaired) electrons. The second kappa shape index (κ2) is 7.31. The lowest BCUT2D eigenvalue weighted by atomic mass is 10.1. The normalized spacial score (nSPS) is 10.5. The van der Waals surface area contributed by atoms with Crippen LogP contribution < -0.4 is 10.1 Å². The van der Waals surface area contributed by atoms with Crippen molar-refractivity contribution in [2.75, 3.05) is 7.11 Å². The van der Waals surface area contributed by atoms with Gasteiger partial charge in [0.15, 0.2) is 10.6 Å². The number of methoxy groups -OCH3 is 1. The molecular weight excluding hydrogens is 336 g/mol. The van der Waals surface area contributed by atoms with E-state index in [1.165, 1.54) is 0 Å². The van der Waals surface area contributed by atoms with Gasteiger partial charge in [-0.25, -0.2) is 0 Å². The molecule has 0 saturated carbocycles. The molecule has 0 aliphatic rings. The topological polar surface area (TPSA) is 71.9 Å². The molecule has 0 fully saturated rings. The Labute approximate surface area is 150 Å². The van der Waals surface area contributed by atoms with Crippen LogP contribution in [0.15, 0.2) is 48.5 Å². The van der Waals surface area contributed by atoms with E-state index >= 15 is 0 Å². The smallest absolute Gasteiger partial charge is 0.251 e. The minimum atomic E-state index is -0.163. The maximum atomic E-state index is 12.3. The van der Waals surface area contributed by atoms with Gasteiger partial charge >= 0.3 is 0 Å². The van der Waals surface area contributed by atoms with Gasteiger partial charge in [-0.15, -0.1) is 0 Å². The van der Waals surface area contributed by atoms with E-state index in [0.29, 0.717) is 21.9 Å². The van der Waals surface area contributed by atoms with E-state index in [9.17, 15) is 4.79 Å². The number of ether oxygens (including phenoxy) is 1. The SMILES string of the molecule is COc1ccccc1-n1c(CNC(=O)c2cccc(C)c2)n[nH]c1=S. The lowest BCUT2D eigenvalue weighted by molar-refractivity contribution is 0.0949. The van der Waals surface area contributed by atoms with Crippen LogP contribution in [0.3, 0.4) is 0 Å². The van der Waals surface area contributed by atoms with Gasteiger partial charge in [-0.05, 0) is 43.4 Å². The third kappa shape index (κ3) is 3.61. The minimum absolute atomic E-state index is 0.163. The molecule has 0 atom stereocenters. The fraction of sp³-hybridized carbons (Fsp3) is 0.167. The van der Waals surface area contributed by atoms with E-state index < -0.39 is 0 Å². The molecule has 3 aromatic rings. The number of aromatic amines is 1. The molecule has 0 aliphatic carbocycles. The van der Waals surface area contributed by atoms with Gasteiger partial charge in [0.05, 0.1) is 19.3 Å². The number of rotatable bonds is 5. The van der Waals surface area contributed by atoms with Crippen LogP contribution in [0.5, 0.6) is 5.75 Å². The van der Waals surface area contributed by atoms with Crippen molar-refractivity contribution < 1.29 is 9.53 Å². The van der Waals surface area contributed by atoms with Gasteiger partial charge in [0.25, 0.3) is 5.91 Å². The number of H-pyrrole nitrogens is 1. The van der Waals surface area contributed by atoms with Gasteiger partial charge in [-0.3, -0.25) is 14.5 Å². The Balaban J connectivity index is 1.85. The van der Waals surface area contributed by atoms with Crippen LogP contribution in [0, 0.1) is 11.7 Å². The first kappa shape index (κ1) is 16.9. The molecule has 0 aliphatic heterocycles. The van der Waals surface area contributed by atoms with Gasteiger partial charge in [0.2, 0.25) is 0 Å². The number of aromatic nitrogens is 3. The molecule has 1 aromatic heterocycles. The van der Waals surface area contributed by atoms with Crippen LogP contribution >= 0.6 is 12.2 Å². The number of nitrogens with zero attached hydrogens (tertiary/aromatic N) is 2. The summed E-state index contributed by atoms with van der Waals surface area (Å²) in [6, 6.07) is 14.9. The first-order chi connectivity index (χ1) is 12.1. The summed E-state index contributed by atoms with van der Waals surface area (Å²) < 4.78 is 7.58. The summed E-state index contributed by atoms with van der Waals surface area (Å²) in [6.07, 6.45) is 0. The van der Waals surface area contributed by atoms with Gasteiger partial charge in [0.1, 0.15) is 5.75 Å². The maximum absolute atomic E-state index is 12.3. The standard InChI is InChI=1S/C18H18N4O2S/c1-12-6-5-7-13(10-12)17(23)19-11-16-20-21-18(25)22(16)14-8-3-4-9-15(14)24-2/h3-10H,11H2,1-2H3,(H,19,23)(H,21,25). The second-order valence-corrected chi connectivity index (χ2v) is 5.89. The number of amides is 1. The molecule has 25 heavy (non-hydrogen) atoms. The zero-order chi connectivity index (χ0) is 17.8. The Morgan fingerprint density at radius 2 is 2.08 bits per heavy atom. The lowest BCUT2D eigenvalue weighted by Crippen LogP contribution is -2.24. The summed E-state index contributed by atoms with van der Waals surface area (Å²) in [7, 11) is 1.60. The largest absolute Gasteiger partial charge is 0.495 e. The van der Waals surface area contributed by atoms with Crippen LogP contribution in [-0.4, -0.2) is 27.8 Å². The van der Waals surface area contributed by atoms with Gasteiger partial charge in [0, 0.05) is 5.56 Å². The molecule has 2 N–H and O–H groups in total. The van der Waals surface area contributed by atoms with Crippen LogP contribution in [0.4, 0.5) is 0 Å². The molecule has 0 spiro atoms. The van der Waals surface area contributed by atoms with Crippen molar-refractivity contribution in [1.82, 2.24) is 20.1 Å². The second-order valence-electron chi connectivity index (χ2n) is 5.50. The number of aryl methyl sites for hydroxylation is 1. The number of hydrogen-bond acceptors (Lipinski definition) is 4. The van der Waals surface area contributed by atoms with E-state index in [1.54, 1.807) is 17.7 Å². The van der Waals surface area contributed by atoms with E-state index in [4.69, 9.17) is 17.0 Å². The van der Waals surface area contributed by atoms with Crippen LogP contribution in [0.1, 0.15) is 21.7 Å². The highest BCUT2D eigenvalue weighted by Gasteiger charge is 2.14. The van der Waals surface area contributed by atoms with E-state index in [2.05, 4.69) is 15.5 Å². The van der Waals surface area contributed by atoms with Crippen molar-refractivity contribution in [2.24, 2.45) is 0 Å². The molecule has 1 heterocycles. The van der Waals surface area contributed by atoms with Crippen molar-refractivity contribution in [3.8, 4) is 11.4 Å². The zero-order valence-electron chi connectivity index (χ0n) is 13.9. The molecule has 3 rings (SSSR count). The van der Waals surface area contributed by atoms with Gasteiger partial charge < -0.3 is 10.1 Å². The summed E-state index contributed by atoms with van der Waals surface area (Å²) in [5.74, 6) is 1.10.